The van der Waals surface area contributed by atoms with Gasteiger partial charge in [-0.2, -0.15) is 0 Å². The van der Waals surface area contributed by atoms with Crippen LogP contribution < -0.4 is 35.5 Å². The molecule has 0 N–H and O–H groups in total. The lowest BCUT2D eigenvalue weighted by atomic mass is 9.27. The summed E-state index contributed by atoms with van der Waals surface area (Å²) in [4.78, 5) is 2.25. The van der Waals surface area contributed by atoms with Gasteiger partial charge >= 0.3 is 0 Å². The molecule has 4 aliphatic rings. The van der Waals surface area contributed by atoms with Gasteiger partial charge in [-0.3, -0.25) is 4.90 Å². The summed E-state index contributed by atoms with van der Waals surface area (Å²) in [6.07, 6.45) is 0. The minimum atomic E-state index is -0.216. The maximum absolute atomic E-state index is 7.07. The fourth-order valence-electron chi connectivity index (χ4n) is 9.53. The van der Waals surface area contributed by atoms with E-state index in [2.05, 4.69) is 136 Å². The largest absolute Gasteiger partial charge is 0.457 e. The molecule has 0 aromatic heterocycles. The molecule has 254 valence electrons. The van der Waals surface area contributed by atoms with E-state index >= 15 is 0 Å². The topological polar surface area (TPSA) is 30.9 Å². The maximum atomic E-state index is 7.07. The van der Waals surface area contributed by atoms with Crippen molar-refractivity contribution in [2.24, 2.45) is 0 Å². The summed E-state index contributed by atoms with van der Waals surface area (Å²) in [5, 5.41) is 0. The molecule has 0 aliphatic carbocycles. The molecular weight excluding hydrogens is 649 g/mol. The SMILES string of the molecule is CC1(C)c2ccccc2B2c3ccccc3C(C)(C)c3cc(Oc4ccccc4-c4cc5c6c(c4)Oc4ccccc4N6c4ccccc4O5)cc1c32. The molecular formula is C48H36BNO3. The molecule has 0 amide bonds. The molecule has 7 aromatic rings. The third-order valence-corrected chi connectivity index (χ3v) is 12.0. The second-order valence-electron chi connectivity index (χ2n) is 15.7. The van der Waals surface area contributed by atoms with Crippen LogP contribution in [0.15, 0.2) is 146 Å². The highest BCUT2D eigenvalue weighted by atomic mass is 16.5. The van der Waals surface area contributed by atoms with Crippen LogP contribution >= 0.6 is 0 Å². The lowest BCUT2D eigenvalue weighted by molar-refractivity contribution is 0.446. The zero-order valence-electron chi connectivity index (χ0n) is 30.1. The van der Waals surface area contributed by atoms with Gasteiger partial charge < -0.3 is 14.2 Å². The molecule has 4 aliphatic heterocycles. The van der Waals surface area contributed by atoms with E-state index in [4.69, 9.17) is 14.2 Å². The van der Waals surface area contributed by atoms with E-state index in [0.717, 1.165) is 62.7 Å². The minimum absolute atomic E-state index is 0.178. The third-order valence-electron chi connectivity index (χ3n) is 12.0. The van der Waals surface area contributed by atoms with E-state index in [0.29, 0.717) is 0 Å². The van der Waals surface area contributed by atoms with Crippen LogP contribution in [-0.4, -0.2) is 6.71 Å². The predicted octanol–water partition coefficient (Wildman–Crippen LogP) is 10.6. The predicted molar refractivity (Wildman–Crippen MR) is 215 cm³/mol. The molecule has 0 unspecified atom stereocenters. The zero-order chi connectivity index (χ0) is 35.6. The van der Waals surface area contributed by atoms with Crippen LogP contribution in [-0.2, 0) is 10.8 Å². The minimum Gasteiger partial charge on any atom is -0.457 e. The van der Waals surface area contributed by atoms with E-state index in [-0.39, 0.29) is 17.5 Å². The number of hydrogen-bond acceptors (Lipinski definition) is 4. The Bertz CT molecular complexity index is 2540. The second-order valence-corrected chi connectivity index (χ2v) is 15.7. The molecule has 53 heavy (non-hydrogen) atoms. The van der Waals surface area contributed by atoms with Crippen molar-refractivity contribution in [2.45, 2.75) is 38.5 Å². The highest BCUT2D eigenvalue weighted by Gasteiger charge is 2.48. The molecule has 4 nitrogen and oxygen atoms in total. The molecule has 5 heteroatoms. The Labute approximate surface area is 310 Å². The molecule has 0 saturated carbocycles. The van der Waals surface area contributed by atoms with Gasteiger partial charge in [-0.1, -0.05) is 135 Å². The van der Waals surface area contributed by atoms with Crippen LogP contribution in [0.25, 0.3) is 11.1 Å². The molecule has 0 radical (unpaired) electrons. The van der Waals surface area contributed by atoms with E-state index in [1.54, 1.807) is 0 Å². The number of hydrogen-bond donors (Lipinski definition) is 0. The Morgan fingerprint density at radius 3 is 1.58 bits per heavy atom. The summed E-state index contributed by atoms with van der Waals surface area (Å²) < 4.78 is 20.3. The van der Waals surface area contributed by atoms with Crippen LogP contribution in [0.3, 0.4) is 0 Å². The summed E-state index contributed by atoms with van der Waals surface area (Å²) in [5.74, 6) is 4.70. The van der Waals surface area contributed by atoms with Crippen molar-refractivity contribution in [3.05, 3.63) is 168 Å². The Hall–Kier alpha value is -6.20. The first-order valence-corrected chi connectivity index (χ1v) is 18.5. The van der Waals surface area contributed by atoms with Gasteiger partial charge in [-0.05, 0) is 82.4 Å². The Balaban J connectivity index is 1.06. The zero-order valence-corrected chi connectivity index (χ0v) is 30.1. The molecule has 0 fully saturated rings. The Kier molecular flexibility index (Phi) is 6.13. The van der Waals surface area contributed by atoms with Crippen molar-refractivity contribution in [1.82, 2.24) is 0 Å². The maximum Gasteiger partial charge on any atom is 0.242 e. The molecule has 4 heterocycles. The summed E-state index contributed by atoms with van der Waals surface area (Å²) in [6, 6.07) is 51.5. The fourth-order valence-corrected chi connectivity index (χ4v) is 9.53. The van der Waals surface area contributed by atoms with E-state index in [9.17, 15) is 0 Å². The Morgan fingerprint density at radius 1 is 0.509 bits per heavy atom. The number of nitrogens with zero attached hydrogens (tertiary/aromatic N) is 1. The van der Waals surface area contributed by atoms with Gasteiger partial charge in [0.2, 0.25) is 6.71 Å². The van der Waals surface area contributed by atoms with E-state index < -0.39 is 0 Å². The van der Waals surface area contributed by atoms with Gasteiger partial charge in [0.25, 0.3) is 0 Å². The monoisotopic (exact) mass is 685 g/mol. The number of benzene rings is 7. The summed E-state index contributed by atoms with van der Waals surface area (Å²) in [5.41, 5.74) is 14.0. The van der Waals surface area contributed by atoms with Crippen molar-refractivity contribution in [3.8, 4) is 45.6 Å². The van der Waals surface area contributed by atoms with Gasteiger partial charge in [0, 0.05) is 16.4 Å². The number of ether oxygens (including phenoxy) is 3. The van der Waals surface area contributed by atoms with Crippen molar-refractivity contribution < 1.29 is 14.2 Å². The van der Waals surface area contributed by atoms with Crippen LogP contribution in [0, 0.1) is 0 Å². The van der Waals surface area contributed by atoms with Crippen LogP contribution in [0.5, 0.6) is 34.5 Å². The lowest BCUT2D eigenvalue weighted by Gasteiger charge is -2.46. The number of rotatable bonds is 3. The fraction of sp³-hybridized carbons (Fsp3) is 0.125. The van der Waals surface area contributed by atoms with Crippen LogP contribution in [0.4, 0.5) is 17.1 Å². The highest BCUT2D eigenvalue weighted by molar-refractivity contribution is 6.97. The summed E-state index contributed by atoms with van der Waals surface area (Å²) in [7, 11) is 0. The van der Waals surface area contributed by atoms with Crippen molar-refractivity contribution in [3.63, 3.8) is 0 Å². The van der Waals surface area contributed by atoms with Gasteiger partial charge in [0.05, 0.1) is 11.4 Å². The normalized spacial score (nSPS) is 15.7. The second kappa shape index (κ2) is 10.7. The molecule has 0 spiro atoms. The smallest absolute Gasteiger partial charge is 0.242 e. The first-order chi connectivity index (χ1) is 25.8. The number of fused-ring (bicyclic) bond motifs is 8. The highest BCUT2D eigenvalue weighted by Crippen LogP contribution is 2.60. The first kappa shape index (κ1) is 30.4. The first-order valence-electron chi connectivity index (χ1n) is 18.5. The third kappa shape index (κ3) is 4.19. The summed E-state index contributed by atoms with van der Waals surface area (Å²) in [6.45, 7) is 9.63. The van der Waals surface area contributed by atoms with E-state index in [1.165, 1.54) is 38.6 Å². The van der Waals surface area contributed by atoms with Crippen LogP contribution in [0.1, 0.15) is 49.9 Å². The number of para-hydroxylation sites is 5. The summed E-state index contributed by atoms with van der Waals surface area (Å²) >= 11 is 0. The van der Waals surface area contributed by atoms with Crippen molar-refractivity contribution in [2.75, 3.05) is 4.90 Å². The van der Waals surface area contributed by atoms with Crippen LogP contribution in [0.2, 0.25) is 0 Å². The number of anilines is 3. The molecule has 7 aromatic carbocycles. The average molecular weight is 686 g/mol. The van der Waals surface area contributed by atoms with E-state index in [1.807, 2.05) is 42.5 Å². The van der Waals surface area contributed by atoms with Gasteiger partial charge in [0.15, 0.2) is 23.0 Å². The molecule has 0 saturated heterocycles. The average Bonchev–Trinajstić information content (AvgIpc) is 3.18. The molecule has 0 atom stereocenters. The van der Waals surface area contributed by atoms with Gasteiger partial charge in [-0.25, -0.2) is 0 Å². The van der Waals surface area contributed by atoms with Gasteiger partial charge in [-0.15, -0.1) is 0 Å². The van der Waals surface area contributed by atoms with Crippen molar-refractivity contribution >= 4 is 40.2 Å². The Morgan fingerprint density at radius 2 is 1.00 bits per heavy atom. The van der Waals surface area contributed by atoms with Crippen molar-refractivity contribution in [1.29, 1.82) is 0 Å². The molecule has 11 rings (SSSR count). The quantitative estimate of drug-likeness (QED) is 0.173. The van der Waals surface area contributed by atoms with Gasteiger partial charge in [0.1, 0.15) is 17.2 Å². The lowest BCUT2D eigenvalue weighted by Crippen LogP contribution is -2.66. The standard InChI is InChI=1S/C48H36BNO3/c1-47(2)32-16-6-8-18-36(32)49-37-19-9-7-17-33(37)48(3,4)35-28-30(27-34(47)45(35)49)51-40-22-12-5-15-31(40)29-25-43-46-44(26-29)53-42-24-14-11-21-39(42)50(46)38-20-10-13-23-41(38)52-43/h5-28H,1-4H3. The molecule has 0 bridgehead atoms.